The number of ether oxygens (including phenoxy) is 1. The molecule has 0 amide bonds. The summed E-state index contributed by atoms with van der Waals surface area (Å²) in [6.45, 7) is 2.71. The van der Waals surface area contributed by atoms with Crippen molar-refractivity contribution in [2.24, 2.45) is 0 Å². The molecule has 1 heterocycles. The van der Waals surface area contributed by atoms with E-state index in [0.29, 0.717) is 12.4 Å². The summed E-state index contributed by atoms with van der Waals surface area (Å²) in [5, 5.41) is 3.10. The van der Waals surface area contributed by atoms with Gasteiger partial charge in [-0.1, -0.05) is 24.6 Å². The van der Waals surface area contributed by atoms with Crippen molar-refractivity contribution in [1.82, 2.24) is 10.3 Å². The molecule has 1 N–H and O–H groups in total. The minimum Gasteiger partial charge on any atom is -0.436 e. The number of pyridine rings is 1. The van der Waals surface area contributed by atoms with Gasteiger partial charge in [0.1, 0.15) is 0 Å². The van der Waals surface area contributed by atoms with Crippen LogP contribution in [-0.2, 0) is 13.0 Å². The van der Waals surface area contributed by atoms with Crippen LogP contribution in [0.1, 0.15) is 18.2 Å². The fourth-order valence-electron chi connectivity index (χ4n) is 1.84. The summed E-state index contributed by atoms with van der Waals surface area (Å²) in [6.07, 6.45) is 0.784. The molecule has 3 nitrogen and oxygen atoms in total. The van der Waals surface area contributed by atoms with Crippen molar-refractivity contribution >= 4 is 11.6 Å². The molecule has 0 radical (unpaired) electrons. The van der Waals surface area contributed by atoms with Crippen molar-refractivity contribution in [3.8, 4) is 11.6 Å². The zero-order valence-corrected chi connectivity index (χ0v) is 12.2. The van der Waals surface area contributed by atoms with Crippen molar-refractivity contribution in [3.63, 3.8) is 0 Å². The van der Waals surface area contributed by atoms with Crippen LogP contribution in [0.2, 0.25) is 5.02 Å². The van der Waals surface area contributed by atoms with Crippen LogP contribution in [0.4, 0.5) is 4.39 Å². The molecule has 0 aliphatic heterocycles. The molecule has 0 saturated carbocycles. The van der Waals surface area contributed by atoms with Crippen LogP contribution in [0.5, 0.6) is 11.6 Å². The third kappa shape index (κ3) is 3.46. The Morgan fingerprint density at radius 1 is 1.35 bits per heavy atom. The first-order valence-electron chi connectivity index (χ1n) is 6.40. The number of halogens is 2. The maximum atomic E-state index is 13.8. The van der Waals surface area contributed by atoms with E-state index in [-0.39, 0.29) is 10.8 Å². The van der Waals surface area contributed by atoms with Gasteiger partial charge in [-0.3, -0.25) is 0 Å². The molecule has 0 saturated heterocycles. The lowest BCUT2D eigenvalue weighted by atomic mass is 10.2. The molecule has 0 atom stereocenters. The summed E-state index contributed by atoms with van der Waals surface area (Å²) < 4.78 is 19.3. The number of benzene rings is 1. The first-order valence-corrected chi connectivity index (χ1v) is 6.78. The molecule has 2 rings (SSSR count). The van der Waals surface area contributed by atoms with Gasteiger partial charge in [0.05, 0.1) is 5.02 Å². The molecule has 0 aliphatic carbocycles. The second-order valence-corrected chi connectivity index (χ2v) is 4.75. The average molecular weight is 295 g/mol. The highest BCUT2D eigenvalue weighted by Gasteiger charge is 2.10. The highest BCUT2D eigenvalue weighted by atomic mass is 35.5. The summed E-state index contributed by atoms with van der Waals surface area (Å²) >= 11 is 5.73. The van der Waals surface area contributed by atoms with Crippen LogP contribution < -0.4 is 10.1 Å². The van der Waals surface area contributed by atoms with E-state index < -0.39 is 5.82 Å². The molecule has 1 aromatic carbocycles. The summed E-state index contributed by atoms with van der Waals surface area (Å²) in [5.74, 6) is -0.127. The normalized spacial score (nSPS) is 10.6. The minimum atomic E-state index is -0.576. The van der Waals surface area contributed by atoms with Gasteiger partial charge in [-0.25, -0.2) is 9.37 Å². The lowest BCUT2D eigenvalue weighted by Gasteiger charge is -2.10. The summed E-state index contributed by atoms with van der Waals surface area (Å²) in [4.78, 5) is 4.34. The molecule has 5 heteroatoms. The summed E-state index contributed by atoms with van der Waals surface area (Å²) in [5.41, 5.74) is 1.94. The van der Waals surface area contributed by atoms with E-state index in [0.717, 1.165) is 17.7 Å². The van der Waals surface area contributed by atoms with E-state index >= 15 is 0 Å². The molecule has 0 bridgehead atoms. The number of nitrogens with one attached hydrogen (secondary N) is 1. The van der Waals surface area contributed by atoms with Crippen molar-refractivity contribution in [2.45, 2.75) is 19.9 Å². The Hall–Kier alpha value is -1.65. The third-order valence-corrected chi connectivity index (χ3v) is 3.08. The fraction of sp³-hybridized carbons (Fsp3) is 0.267. The van der Waals surface area contributed by atoms with Crippen LogP contribution in [0.25, 0.3) is 0 Å². The van der Waals surface area contributed by atoms with Crippen LogP contribution in [0.3, 0.4) is 0 Å². The largest absolute Gasteiger partial charge is 0.436 e. The van der Waals surface area contributed by atoms with Gasteiger partial charge < -0.3 is 10.1 Å². The van der Waals surface area contributed by atoms with Crippen molar-refractivity contribution in [2.75, 3.05) is 7.05 Å². The van der Waals surface area contributed by atoms with Gasteiger partial charge in [0.15, 0.2) is 11.6 Å². The summed E-state index contributed by atoms with van der Waals surface area (Å²) in [6, 6.07) is 8.43. The van der Waals surface area contributed by atoms with E-state index in [1.165, 1.54) is 12.1 Å². The highest BCUT2D eigenvalue weighted by Crippen LogP contribution is 2.28. The SMILES string of the molecule is CCc1cc(CNC)cc(Oc2cccc(Cl)c2F)n1. The number of aromatic nitrogens is 1. The molecular formula is C15H16ClFN2O. The quantitative estimate of drug-likeness (QED) is 0.907. The Kier molecular flexibility index (Phi) is 4.93. The second-order valence-electron chi connectivity index (χ2n) is 4.34. The monoisotopic (exact) mass is 294 g/mol. The topological polar surface area (TPSA) is 34.1 Å². The van der Waals surface area contributed by atoms with Crippen LogP contribution in [0.15, 0.2) is 30.3 Å². The predicted octanol–water partition coefficient (Wildman–Crippen LogP) is 3.95. The fourth-order valence-corrected chi connectivity index (χ4v) is 2.00. The Balaban J connectivity index is 2.32. The third-order valence-electron chi connectivity index (χ3n) is 2.79. The molecular weight excluding hydrogens is 279 g/mol. The first-order chi connectivity index (χ1) is 9.63. The van der Waals surface area contributed by atoms with Gasteiger partial charge in [0.2, 0.25) is 5.88 Å². The number of aryl methyl sites for hydroxylation is 1. The zero-order chi connectivity index (χ0) is 14.5. The molecule has 0 aliphatic rings. The molecule has 0 unspecified atom stereocenters. The van der Waals surface area contributed by atoms with E-state index in [1.807, 2.05) is 20.0 Å². The average Bonchev–Trinajstić information content (AvgIpc) is 2.44. The van der Waals surface area contributed by atoms with E-state index in [4.69, 9.17) is 16.3 Å². The van der Waals surface area contributed by atoms with E-state index in [2.05, 4.69) is 10.3 Å². The first kappa shape index (κ1) is 14.8. The molecule has 0 fully saturated rings. The van der Waals surface area contributed by atoms with Crippen LogP contribution in [-0.4, -0.2) is 12.0 Å². The van der Waals surface area contributed by atoms with Crippen LogP contribution >= 0.6 is 11.6 Å². The molecule has 2 aromatic rings. The standard InChI is InChI=1S/C15H16ClFN2O/c1-3-11-7-10(9-18-2)8-14(19-11)20-13-6-4-5-12(16)15(13)17/h4-8,18H,3,9H2,1-2H3. The van der Waals surface area contributed by atoms with Crippen molar-refractivity contribution in [3.05, 3.63) is 52.4 Å². The number of nitrogens with zero attached hydrogens (tertiary/aromatic N) is 1. The number of hydrogen-bond acceptors (Lipinski definition) is 3. The van der Waals surface area contributed by atoms with E-state index in [9.17, 15) is 4.39 Å². The Labute approximate surface area is 122 Å². The maximum absolute atomic E-state index is 13.8. The molecule has 20 heavy (non-hydrogen) atoms. The minimum absolute atomic E-state index is 0.0320. The lowest BCUT2D eigenvalue weighted by Crippen LogP contribution is -2.06. The van der Waals surface area contributed by atoms with Gasteiger partial charge >= 0.3 is 0 Å². The Morgan fingerprint density at radius 2 is 2.15 bits per heavy atom. The highest BCUT2D eigenvalue weighted by molar-refractivity contribution is 6.30. The summed E-state index contributed by atoms with van der Waals surface area (Å²) in [7, 11) is 1.86. The van der Waals surface area contributed by atoms with Gasteiger partial charge in [0, 0.05) is 18.3 Å². The van der Waals surface area contributed by atoms with Gasteiger partial charge in [-0.15, -0.1) is 0 Å². The van der Waals surface area contributed by atoms with Gasteiger partial charge in [-0.05, 0) is 37.2 Å². The maximum Gasteiger partial charge on any atom is 0.219 e. The van der Waals surface area contributed by atoms with Gasteiger partial charge in [-0.2, -0.15) is 0 Å². The Bertz CT molecular complexity index is 604. The van der Waals surface area contributed by atoms with E-state index in [1.54, 1.807) is 12.1 Å². The zero-order valence-electron chi connectivity index (χ0n) is 11.4. The Morgan fingerprint density at radius 3 is 2.85 bits per heavy atom. The predicted molar refractivity (Wildman–Crippen MR) is 77.9 cm³/mol. The smallest absolute Gasteiger partial charge is 0.219 e. The van der Waals surface area contributed by atoms with Crippen molar-refractivity contribution < 1.29 is 9.13 Å². The van der Waals surface area contributed by atoms with Gasteiger partial charge in [0.25, 0.3) is 0 Å². The second kappa shape index (κ2) is 6.68. The number of rotatable bonds is 5. The molecule has 1 aromatic heterocycles. The number of hydrogen-bond donors (Lipinski definition) is 1. The molecule has 106 valence electrons. The van der Waals surface area contributed by atoms with Crippen LogP contribution in [0, 0.1) is 5.82 Å². The van der Waals surface area contributed by atoms with Crippen molar-refractivity contribution in [1.29, 1.82) is 0 Å². The molecule has 0 spiro atoms. The lowest BCUT2D eigenvalue weighted by molar-refractivity contribution is 0.425.